The second-order valence-electron chi connectivity index (χ2n) is 2.90. The maximum Gasteiger partial charge on any atom is 0.188 e. The molecule has 0 fully saturated rings. The lowest BCUT2D eigenvalue weighted by Crippen LogP contribution is -2.06. The van der Waals surface area contributed by atoms with E-state index in [2.05, 4.69) is 0 Å². The van der Waals surface area contributed by atoms with Crippen molar-refractivity contribution in [2.75, 3.05) is 6.61 Å². The van der Waals surface area contributed by atoms with Crippen LogP contribution in [0.2, 0.25) is 0 Å². The Bertz CT molecular complexity index is 303. The minimum Gasteiger partial charge on any atom is -0.388 e. The Morgan fingerprint density at radius 1 is 1.42 bits per heavy atom. The van der Waals surface area contributed by atoms with Crippen LogP contribution in [0.4, 0.5) is 0 Å². The summed E-state index contributed by atoms with van der Waals surface area (Å²) in [6.45, 7) is 3.43. The molecule has 1 aromatic rings. The molecule has 0 spiro atoms. The average molecular weight is 164 g/mol. The standard InChI is InChI=1S/C10H12O2/c1-7-3-4-9(8(2)5-7)10(12)6-11/h3-5,11H,6H2,1-2H3. The third-order valence-corrected chi connectivity index (χ3v) is 1.83. The molecule has 2 nitrogen and oxygen atoms in total. The summed E-state index contributed by atoms with van der Waals surface area (Å²) in [6, 6.07) is 5.56. The number of aliphatic hydroxyl groups is 1. The van der Waals surface area contributed by atoms with Crippen LogP contribution in [0.5, 0.6) is 0 Å². The van der Waals surface area contributed by atoms with Gasteiger partial charge in [0.1, 0.15) is 6.61 Å². The Labute approximate surface area is 71.8 Å². The fraction of sp³-hybridized carbons (Fsp3) is 0.300. The quantitative estimate of drug-likeness (QED) is 0.672. The SMILES string of the molecule is Cc1ccc(C(=O)CO)c(C)c1. The van der Waals surface area contributed by atoms with E-state index >= 15 is 0 Å². The highest BCUT2D eigenvalue weighted by Gasteiger charge is 2.06. The lowest BCUT2D eigenvalue weighted by Gasteiger charge is -2.02. The van der Waals surface area contributed by atoms with Crippen LogP contribution < -0.4 is 0 Å². The molecule has 0 saturated carbocycles. The van der Waals surface area contributed by atoms with Gasteiger partial charge < -0.3 is 5.11 Å². The van der Waals surface area contributed by atoms with E-state index in [1.165, 1.54) is 0 Å². The van der Waals surface area contributed by atoms with Gasteiger partial charge in [-0.15, -0.1) is 0 Å². The number of hydrogen-bond donors (Lipinski definition) is 1. The van der Waals surface area contributed by atoms with E-state index in [0.717, 1.165) is 11.1 Å². The number of rotatable bonds is 2. The summed E-state index contributed by atoms with van der Waals surface area (Å²) in [4.78, 5) is 11.1. The van der Waals surface area contributed by atoms with E-state index in [1.807, 2.05) is 26.0 Å². The van der Waals surface area contributed by atoms with Crippen molar-refractivity contribution in [1.82, 2.24) is 0 Å². The Morgan fingerprint density at radius 3 is 2.58 bits per heavy atom. The maximum atomic E-state index is 11.1. The predicted octanol–water partition coefficient (Wildman–Crippen LogP) is 1.48. The molecule has 1 rings (SSSR count). The van der Waals surface area contributed by atoms with Crippen molar-refractivity contribution in [1.29, 1.82) is 0 Å². The number of benzene rings is 1. The van der Waals surface area contributed by atoms with Crippen molar-refractivity contribution in [2.45, 2.75) is 13.8 Å². The second kappa shape index (κ2) is 3.50. The summed E-state index contributed by atoms with van der Waals surface area (Å²) in [7, 11) is 0. The molecule has 0 radical (unpaired) electrons. The van der Waals surface area contributed by atoms with E-state index in [4.69, 9.17) is 5.11 Å². The smallest absolute Gasteiger partial charge is 0.188 e. The molecule has 0 saturated heterocycles. The highest BCUT2D eigenvalue weighted by molar-refractivity contribution is 5.98. The lowest BCUT2D eigenvalue weighted by molar-refractivity contribution is 0.0903. The molecule has 0 atom stereocenters. The van der Waals surface area contributed by atoms with Gasteiger partial charge in [-0.3, -0.25) is 4.79 Å². The van der Waals surface area contributed by atoms with Crippen molar-refractivity contribution in [3.8, 4) is 0 Å². The van der Waals surface area contributed by atoms with Gasteiger partial charge in [-0.1, -0.05) is 23.8 Å². The van der Waals surface area contributed by atoms with E-state index < -0.39 is 6.61 Å². The van der Waals surface area contributed by atoms with Crippen LogP contribution >= 0.6 is 0 Å². The van der Waals surface area contributed by atoms with Gasteiger partial charge >= 0.3 is 0 Å². The van der Waals surface area contributed by atoms with Crippen molar-refractivity contribution < 1.29 is 9.90 Å². The summed E-state index contributed by atoms with van der Waals surface area (Å²) < 4.78 is 0. The highest BCUT2D eigenvalue weighted by atomic mass is 16.3. The van der Waals surface area contributed by atoms with Crippen LogP contribution in [0.1, 0.15) is 21.5 Å². The van der Waals surface area contributed by atoms with Gasteiger partial charge in [0, 0.05) is 5.56 Å². The topological polar surface area (TPSA) is 37.3 Å². The molecular weight excluding hydrogens is 152 g/mol. The molecule has 0 heterocycles. The van der Waals surface area contributed by atoms with Crippen LogP contribution in [-0.2, 0) is 0 Å². The summed E-state index contributed by atoms with van der Waals surface area (Å²) in [5, 5.41) is 8.63. The van der Waals surface area contributed by atoms with Crippen molar-refractivity contribution >= 4 is 5.78 Å². The minimum atomic E-state index is -0.413. The van der Waals surface area contributed by atoms with Gasteiger partial charge in [-0.25, -0.2) is 0 Å². The van der Waals surface area contributed by atoms with Crippen LogP contribution in [0, 0.1) is 13.8 Å². The van der Waals surface area contributed by atoms with E-state index in [9.17, 15) is 4.79 Å². The molecule has 2 heteroatoms. The molecule has 1 N–H and O–H groups in total. The molecule has 0 bridgehead atoms. The fourth-order valence-corrected chi connectivity index (χ4v) is 1.21. The predicted molar refractivity (Wildman–Crippen MR) is 47.3 cm³/mol. The van der Waals surface area contributed by atoms with Gasteiger partial charge in [-0.2, -0.15) is 0 Å². The summed E-state index contributed by atoms with van der Waals surface area (Å²) in [5.74, 6) is -0.215. The van der Waals surface area contributed by atoms with Gasteiger partial charge in [0.25, 0.3) is 0 Å². The molecular formula is C10H12O2. The Hall–Kier alpha value is -1.15. The molecule has 0 amide bonds. The van der Waals surface area contributed by atoms with Crippen molar-refractivity contribution in [3.63, 3.8) is 0 Å². The van der Waals surface area contributed by atoms with Crippen LogP contribution in [-0.4, -0.2) is 17.5 Å². The van der Waals surface area contributed by atoms with Crippen molar-refractivity contribution in [3.05, 3.63) is 34.9 Å². The molecule has 0 aliphatic heterocycles. The second-order valence-corrected chi connectivity index (χ2v) is 2.90. The monoisotopic (exact) mass is 164 g/mol. The zero-order valence-corrected chi connectivity index (χ0v) is 7.29. The number of hydrogen-bond acceptors (Lipinski definition) is 2. The van der Waals surface area contributed by atoms with Gasteiger partial charge in [0.15, 0.2) is 5.78 Å². The largest absolute Gasteiger partial charge is 0.388 e. The molecule has 0 aliphatic rings. The fourth-order valence-electron chi connectivity index (χ4n) is 1.21. The Balaban J connectivity index is 3.09. The first-order chi connectivity index (χ1) is 5.65. The van der Waals surface area contributed by atoms with E-state index in [-0.39, 0.29) is 5.78 Å². The zero-order valence-electron chi connectivity index (χ0n) is 7.29. The number of Topliss-reactive ketones (excluding diaryl/α,β-unsaturated/α-hetero) is 1. The summed E-state index contributed by atoms with van der Waals surface area (Å²) >= 11 is 0. The number of aryl methyl sites for hydroxylation is 2. The normalized spacial score (nSPS) is 9.92. The summed E-state index contributed by atoms with van der Waals surface area (Å²) in [6.07, 6.45) is 0. The first-order valence-electron chi connectivity index (χ1n) is 3.86. The number of carbonyl (C=O) groups is 1. The van der Waals surface area contributed by atoms with E-state index in [0.29, 0.717) is 5.56 Å². The first kappa shape index (κ1) is 8.94. The molecule has 0 unspecified atom stereocenters. The molecule has 0 aromatic heterocycles. The lowest BCUT2D eigenvalue weighted by atomic mass is 10.0. The van der Waals surface area contributed by atoms with Gasteiger partial charge in [-0.05, 0) is 19.4 Å². The van der Waals surface area contributed by atoms with E-state index in [1.54, 1.807) is 6.07 Å². The van der Waals surface area contributed by atoms with Crippen LogP contribution in [0.15, 0.2) is 18.2 Å². The third kappa shape index (κ3) is 1.71. The highest BCUT2D eigenvalue weighted by Crippen LogP contribution is 2.10. The van der Waals surface area contributed by atoms with Crippen LogP contribution in [0.3, 0.4) is 0 Å². The zero-order chi connectivity index (χ0) is 9.14. The summed E-state index contributed by atoms with van der Waals surface area (Å²) in [5.41, 5.74) is 2.67. The Morgan fingerprint density at radius 2 is 2.08 bits per heavy atom. The van der Waals surface area contributed by atoms with Gasteiger partial charge in [0.2, 0.25) is 0 Å². The Kier molecular flexibility index (Phi) is 2.61. The van der Waals surface area contributed by atoms with Gasteiger partial charge in [0.05, 0.1) is 0 Å². The molecule has 1 aromatic carbocycles. The van der Waals surface area contributed by atoms with Crippen molar-refractivity contribution in [2.24, 2.45) is 0 Å². The molecule has 64 valence electrons. The molecule has 12 heavy (non-hydrogen) atoms. The number of carbonyl (C=O) groups excluding carboxylic acids is 1. The average Bonchev–Trinajstić information content (AvgIpc) is 2.03. The first-order valence-corrected chi connectivity index (χ1v) is 3.86. The number of aliphatic hydroxyl groups excluding tert-OH is 1. The molecule has 0 aliphatic carbocycles. The van der Waals surface area contributed by atoms with Crippen LogP contribution in [0.25, 0.3) is 0 Å². The number of ketones is 1. The minimum absolute atomic E-state index is 0.215. The third-order valence-electron chi connectivity index (χ3n) is 1.83. The maximum absolute atomic E-state index is 11.1.